The first-order valence-corrected chi connectivity index (χ1v) is 8.74. The van der Waals surface area contributed by atoms with Gasteiger partial charge in [-0.25, -0.2) is 0 Å². The Labute approximate surface area is 153 Å². The van der Waals surface area contributed by atoms with Crippen LogP contribution in [-0.4, -0.2) is 39.0 Å². The second-order valence-electron chi connectivity index (χ2n) is 5.28. The first-order chi connectivity index (χ1) is 12.8. The highest BCUT2D eigenvalue weighted by Crippen LogP contribution is 2.31. The van der Waals surface area contributed by atoms with Gasteiger partial charge in [-0.05, 0) is 30.3 Å². The molecule has 0 aliphatic carbocycles. The number of nitrogens with zero attached hydrogens (tertiary/aromatic N) is 5. The van der Waals surface area contributed by atoms with Gasteiger partial charge in [0.05, 0.1) is 20.0 Å². The highest BCUT2D eigenvalue weighted by molar-refractivity contribution is 7.98. The molecule has 0 N–H and O–H groups in total. The molecule has 0 saturated carbocycles. The molecule has 3 aromatic heterocycles. The van der Waals surface area contributed by atoms with Crippen LogP contribution in [0.15, 0.2) is 52.3 Å². The van der Waals surface area contributed by atoms with Gasteiger partial charge in [-0.1, -0.05) is 23.0 Å². The van der Waals surface area contributed by atoms with E-state index in [-0.39, 0.29) is 0 Å². The minimum Gasteiger partial charge on any atom is -0.493 e. The van der Waals surface area contributed by atoms with Gasteiger partial charge in [-0.2, -0.15) is 4.98 Å². The second kappa shape index (κ2) is 7.04. The van der Waals surface area contributed by atoms with Crippen molar-refractivity contribution in [1.82, 2.24) is 24.7 Å². The Morgan fingerprint density at radius 3 is 2.81 bits per heavy atom. The molecule has 8 nitrogen and oxygen atoms in total. The standard InChI is InChI=1S/C17H15N5O3S/c1-23-12-7-6-11(9-13(12)24-2)16-18-15(25-21-16)10-26-17-20-19-14-5-3-4-8-22(14)17/h3-9H,10H2,1-2H3. The summed E-state index contributed by atoms with van der Waals surface area (Å²) >= 11 is 1.48. The molecule has 0 aliphatic heterocycles. The molecular formula is C17H15N5O3S. The van der Waals surface area contributed by atoms with Gasteiger partial charge in [0.15, 0.2) is 22.3 Å². The highest BCUT2D eigenvalue weighted by Gasteiger charge is 2.13. The minimum atomic E-state index is 0.493. The molecule has 0 saturated heterocycles. The van der Waals surface area contributed by atoms with E-state index in [0.717, 1.165) is 16.4 Å². The lowest BCUT2D eigenvalue weighted by Crippen LogP contribution is -1.91. The van der Waals surface area contributed by atoms with E-state index in [1.165, 1.54) is 11.8 Å². The molecule has 4 rings (SSSR count). The van der Waals surface area contributed by atoms with Crippen LogP contribution in [0.1, 0.15) is 5.89 Å². The van der Waals surface area contributed by atoms with E-state index in [2.05, 4.69) is 20.3 Å². The van der Waals surface area contributed by atoms with Crippen LogP contribution < -0.4 is 9.47 Å². The first-order valence-electron chi connectivity index (χ1n) is 7.76. The van der Waals surface area contributed by atoms with E-state index in [9.17, 15) is 0 Å². The fraction of sp³-hybridized carbons (Fsp3) is 0.176. The molecule has 0 fully saturated rings. The highest BCUT2D eigenvalue weighted by atomic mass is 32.2. The molecule has 0 bridgehead atoms. The van der Waals surface area contributed by atoms with E-state index in [1.807, 2.05) is 40.9 Å². The van der Waals surface area contributed by atoms with Crippen molar-refractivity contribution in [1.29, 1.82) is 0 Å². The maximum Gasteiger partial charge on any atom is 0.237 e. The number of fused-ring (bicyclic) bond motifs is 1. The van der Waals surface area contributed by atoms with E-state index in [0.29, 0.717) is 29.0 Å². The Morgan fingerprint density at radius 2 is 1.96 bits per heavy atom. The average Bonchev–Trinajstić information content (AvgIpc) is 3.33. The van der Waals surface area contributed by atoms with Gasteiger partial charge in [0.2, 0.25) is 11.7 Å². The van der Waals surface area contributed by atoms with Crippen molar-refractivity contribution in [2.45, 2.75) is 10.9 Å². The second-order valence-corrected chi connectivity index (χ2v) is 6.22. The summed E-state index contributed by atoms with van der Waals surface area (Å²) < 4.78 is 17.8. The maximum absolute atomic E-state index is 5.35. The van der Waals surface area contributed by atoms with Gasteiger partial charge in [0.1, 0.15) is 0 Å². The van der Waals surface area contributed by atoms with Crippen LogP contribution in [0.5, 0.6) is 11.5 Å². The lowest BCUT2D eigenvalue weighted by molar-refractivity contribution is 0.355. The van der Waals surface area contributed by atoms with Crippen molar-refractivity contribution in [3.63, 3.8) is 0 Å². The van der Waals surface area contributed by atoms with Crippen molar-refractivity contribution >= 4 is 17.4 Å². The van der Waals surface area contributed by atoms with Gasteiger partial charge in [-0.15, -0.1) is 10.2 Å². The Morgan fingerprint density at radius 1 is 1.08 bits per heavy atom. The number of methoxy groups -OCH3 is 2. The SMILES string of the molecule is COc1ccc(-c2noc(CSc3nnc4ccccn34)n2)cc1OC. The maximum atomic E-state index is 5.35. The summed E-state index contributed by atoms with van der Waals surface area (Å²) in [7, 11) is 3.18. The number of benzene rings is 1. The number of rotatable bonds is 6. The predicted molar refractivity (Wildman–Crippen MR) is 95.4 cm³/mol. The molecule has 0 atom stereocenters. The Bertz CT molecular complexity index is 1050. The molecule has 9 heteroatoms. The monoisotopic (exact) mass is 369 g/mol. The number of thioether (sulfide) groups is 1. The van der Waals surface area contributed by atoms with E-state index >= 15 is 0 Å². The largest absolute Gasteiger partial charge is 0.493 e. The zero-order chi connectivity index (χ0) is 17.9. The quantitative estimate of drug-likeness (QED) is 0.479. The van der Waals surface area contributed by atoms with Gasteiger partial charge in [-0.3, -0.25) is 4.40 Å². The number of hydrogen-bond acceptors (Lipinski definition) is 8. The molecule has 4 aromatic rings. The molecule has 1 aromatic carbocycles. The summed E-state index contributed by atoms with van der Waals surface area (Å²) in [6, 6.07) is 11.2. The molecule has 0 amide bonds. The molecule has 0 unspecified atom stereocenters. The van der Waals surface area contributed by atoms with Crippen molar-refractivity contribution in [2.24, 2.45) is 0 Å². The summed E-state index contributed by atoms with van der Waals surface area (Å²) in [5, 5.41) is 13.1. The van der Waals surface area contributed by atoms with Gasteiger partial charge in [0, 0.05) is 11.8 Å². The summed E-state index contributed by atoms with van der Waals surface area (Å²) in [4.78, 5) is 4.44. The average molecular weight is 369 g/mol. The van der Waals surface area contributed by atoms with Crippen LogP contribution >= 0.6 is 11.8 Å². The summed E-state index contributed by atoms with van der Waals surface area (Å²) in [5.74, 6) is 2.76. The zero-order valence-electron chi connectivity index (χ0n) is 14.1. The number of ether oxygens (including phenoxy) is 2. The molecule has 26 heavy (non-hydrogen) atoms. The third-order valence-corrected chi connectivity index (χ3v) is 4.64. The van der Waals surface area contributed by atoms with Crippen molar-refractivity contribution in [3.05, 3.63) is 48.5 Å². The van der Waals surface area contributed by atoms with Gasteiger partial charge in [0.25, 0.3) is 0 Å². The third-order valence-electron chi connectivity index (χ3n) is 3.72. The molecule has 0 aliphatic rings. The van der Waals surface area contributed by atoms with E-state index < -0.39 is 0 Å². The van der Waals surface area contributed by atoms with Gasteiger partial charge < -0.3 is 14.0 Å². The lowest BCUT2D eigenvalue weighted by atomic mass is 10.2. The van der Waals surface area contributed by atoms with Crippen LogP contribution in [0.25, 0.3) is 17.0 Å². The fourth-order valence-corrected chi connectivity index (χ4v) is 3.21. The molecule has 0 spiro atoms. The zero-order valence-corrected chi connectivity index (χ0v) is 14.9. The summed E-state index contributed by atoms with van der Waals surface area (Å²) in [6.07, 6.45) is 1.92. The number of pyridine rings is 1. The third kappa shape index (κ3) is 3.08. The lowest BCUT2D eigenvalue weighted by Gasteiger charge is -2.07. The number of aromatic nitrogens is 5. The van der Waals surface area contributed by atoms with Crippen molar-refractivity contribution in [3.8, 4) is 22.9 Å². The topological polar surface area (TPSA) is 87.6 Å². The van der Waals surface area contributed by atoms with Crippen LogP contribution in [0, 0.1) is 0 Å². The predicted octanol–water partition coefficient (Wildman–Crippen LogP) is 3.09. The van der Waals surface area contributed by atoms with E-state index in [4.69, 9.17) is 14.0 Å². The minimum absolute atomic E-state index is 0.493. The van der Waals surface area contributed by atoms with Crippen molar-refractivity contribution in [2.75, 3.05) is 14.2 Å². The summed E-state index contributed by atoms with van der Waals surface area (Å²) in [5.41, 5.74) is 1.59. The Kier molecular flexibility index (Phi) is 4.44. The molecule has 3 heterocycles. The fourth-order valence-electron chi connectivity index (χ4n) is 2.45. The van der Waals surface area contributed by atoms with Crippen LogP contribution in [-0.2, 0) is 5.75 Å². The molecule has 132 valence electrons. The summed E-state index contributed by atoms with van der Waals surface area (Å²) in [6.45, 7) is 0. The van der Waals surface area contributed by atoms with E-state index in [1.54, 1.807) is 20.3 Å². The number of hydrogen-bond donors (Lipinski definition) is 0. The smallest absolute Gasteiger partial charge is 0.237 e. The molecule has 0 radical (unpaired) electrons. The first kappa shape index (κ1) is 16.4. The Balaban J connectivity index is 1.51. The Hall–Kier alpha value is -3.07. The normalized spacial score (nSPS) is 11.0. The van der Waals surface area contributed by atoms with Crippen LogP contribution in [0.4, 0.5) is 0 Å². The molecular weight excluding hydrogens is 354 g/mol. The van der Waals surface area contributed by atoms with Crippen LogP contribution in [0.3, 0.4) is 0 Å². The van der Waals surface area contributed by atoms with Gasteiger partial charge >= 0.3 is 0 Å². The van der Waals surface area contributed by atoms with Crippen LogP contribution in [0.2, 0.25) is 0 Å². The van der Waals surface area contributed by atoms with Crippen molar-refractivity contribution < 1.29 is 14.0 Å².